The number of H-pyrrole nitrogens is 1. The van der Waals surface area contributed by atoms with E-state index in [1.165, 1.54) is 22.7 Å². The normalized spacial score (nSPS) is 12.2. The Hall–Kier alpha value is -4.37. The van der Waals surface area contributed by atoms with E-state index < -0.39 is 23.5 Å². The smallest absolute Gasteiger partial charge is 0.331 e. The van der Waals surface area contributed by atoms with Crippen LogP contribution in [0.3, 0.4) is 0 Å². The van der Waals surface area contributed by atoms with Crippen molar-refractivity contribution in [2.24, 2.45) is 0 Å². The van der Waals surface area contributed by atoms with Crippen LogP contribution in [0.1, 0.15) is 34.1 Å². The molecular weight excluding hydrogens is 449 g/mol. The monoisotopic (exact) mass is 471 g/mol. The van der Waals surface area contributed by atoms with E-state index >= 15 is 0 Å². The van der Waals surface area contributed by atoms with E-state index in [0.29, 0.717) is 16.9 Å². The van der Waals surface area contributed by atoms with Gasteiger partial charge in [-0.25, -0.2) is 14.2 Å². The number of aliphatic hydroxyl groups excluding tert-OH is 1. The SMILES string of the molecule is Cc1cccc2ncc(-c3cc4nc(C(=O)N[C@H](CCO)c5ccc(F)cc5)cn4c(=O)[nH]3)cc12. The fourth-order valence-corrected chi connectivity index (χ4v) is 4.09. The summed E-state index contributed by atoms with van der Waals surface area (Å²) in [5.41, 5.74) is 3.73. The molecule has 3 aromatic heterocycles. The molecular formula is C26H22FN5O3. The summed E-state index contributed by atoms with van der Waals surface area (Å²) in [4.78, 5) is 37.3. The molecule has 0 unspecified atom stereocenters. The summed E-state index contributed by atoms with van der Waals surface area (Å²) in [5, 5.41) is 13.2. The van der Waals surface area contributed by atoms with Gasteiger partial charge in [0.15, 0.2) is 0 Å². The maximum Gasteiger partial charge on any atom is 0.331 e. The summed E-state index contributed by atoms with van der Waals surface area (Å²) >= 11 is 0. The van der Waals surface area contributed by atoms with Crippen molar-refractivity contribution >= 4 is 22.5 Å². The molecule has 0 fully saturated rings. The van der Waals surface area contributed by atoms with Crippen LogP contribution in [0.25, 0.3) is 27.8 Å². The number of amides is 1. The third kappa shape index (κ3) is 4.41. The fourth-order valence-electron chi connectivity index (χ4n) is 4.09. The Labute approximate surface area is 199 Å². The molecule has 0 radical (unpaired) electrons. The van der Waals surface area contributed by atoms with Crippen molar-refractivity contribution in [1.82, 2.24) is 24.7 Å². The second kappa shape index (κ2) is 9.11. The molecule has 0 aliphatic carbocycles. The van der Waals surface area contributed by atoms with Gasteiger partial charge in [0.2, 0.25) is 0 Å². The number of aliphatic hydroxyl groups is 1. The highest BCUT2D eigenvalue weighted by molar-refractivity contribution is 5.93. The summed E-state index contributed by atoms with van der Waals surface area (Å²) < 4.78 is 14.5. The average Bonchev–Trinajstić information content (AvgIpc) is 3.30. The Morgan fingerprint density at radius 3 is 2.77 bits per heavy atom. The molecule has 5 rings (SSSR count). The maximum absolute atomic E-state index is 13.3. The highest BCUT2D eigenvalue weighted by Crippen LogP contribution is 2.24. The second-order valence-corrected chi connectivity index (χ2v) is 8.30. The van der Waals surface area contributed by atoms with Crippen molar-refractivity contribution < 1.29 is 14.3 Å². The van der Waals surface area contributed by atoms with E-state index in [2.05, 4.69) is 20.3 Å². The Bertz CT molecular complexity index is 1610. The number of aromatic amines is 1. The summed E-state index contributed by atoms with van der Waals surface area (Å²) in [6, 6.07) is 14.6. The molecule has 0 aliphatic rings. The van der Waals surface area contributed by atoms with Crippen LogP contribution < -0.4 is 11.0 Å². The molecule has 0 bridgehead atoms. The van der Waals surface area contributed by atoms with Crippen molar-refractivity contribution in [1.29, 1.82) is 0 Å². The molecule has 0 spiro atoms. The van der Waals surface area contributed by atoms with Gasteiger partial charge < -0.3 is 15.4 Å². The lowest BCUT2D eigenvalue weighted by atomic mass is 10.0. The summed E-state index contributed by atoms with van der Waals surface area (Å²) in [5.74, 6) is -0.907. The summed E-state index contributed by atoms with van der Waals surface area (Å²) in [6.45, 7) is 1.82. The van der Waals surface area contributed by atoms with E-state index in [9.17, 15) is 19.1 Å². The van der Waals surface area contributed by atoms with Gasteiger partial charge in [0, 0.05) is 36.0 Å². The Morgan fingerprint density at radius 1 is 1.20 bits per heavy atom. The Balaban J connectivity index is 1.47. The molecule has 5 aromatic rings. The fraction of sp³-hybridized carbons (Fsp3) is 0.154. The van der Waals surface area contributed by atoms with Crippen molar-refractivity contribution in [3.05, 3.63) is 100 Å². The van der Waals surface area contributed by atoms with E-state index in [-0.39, 0.29) is 18.7 Å². The molecule has 0 aliphatic heterocycles. The van der Waals surface area contributed by atoms with Crippen LogP contribution in [0.15, 0.2) is 71.8 Å². The molecule has 8 nitrogen and oxygen atoms in total. The number of carbonyl (C=O) groups excluding carboxylic acids is 1. The number of pyridine rings is 1. The van der Waals surface area contributed by atoms with Gasteiger partial charge >= 0.3 is 5.69 Å². The highest BCUT2D eigenvalue weighted by atomic mass is 19.1. The first-order valence-corrected chi connectivity index (χ1v) is 11.1. The lowest BCUT2D eigenvalue weighted by molar-refractivity contribution is 0.0925. The number of fused-ring (bicyclic) bond motifs is 2. The highest BCUT2D eigenvalue weighted by Gasteiger charge is 2.19. The van der Waals surface area contributed by atoms with Gasteiger partial charge in [0.25, 0.3) is 5.91 Å². The molecule has 2 aromatic carbocycles. The number of aryl methyl sites for hydroxylation is 1. The molecule has 35 heavy (non-hydrogen) atoms. The number of benzene rings is 2. The van der Waals surface area contributed by atoms with Crippen LogP contribution in [0, 0.1) is 12.7 Å². The van der Waals surface area contributed by atoms with E-state index in [4.69, 9.17) is 0 Å². The molecule has 0 saturated heterocycles. The maximum atomic E-state index is 13.3. The van der Waals surface area contributed by atoms with Crippen molar-refractivity contribution in [2.45, 2.75) is 19.4 Å². The zero-order valence-corrected chi connectivity index (χ0v) is 18.8. The summed E-state index contributed by atoms with van der Waals surface area (Å²) in [7, 11) is 0. The topological polar surface area (TPSA) is 112 Å². The number of imidazole rings is 1. The lowest BCUT2D eigenvalue weighted by Gasteiger charge is -2.17. The number of rotatable bonds is 6. The van der Waals surface area contributed by atoms with Gasteiger partial charge in [-0.15, -0.1) is 0 Å². The van der Waals surface area contributed by atoms with Crippen molar-refractivity contribution in [2.75, 3.05) is 6.61 Å². The number of aromatic nitrogens is 4. The van der Waals surface area contributed by atoms with Crippen LogP contribution in [0.4, 0.5) is 4.39 Å². The molecule has 0 saturated carbocycles. The number of carbonyl (C=O) groups is 1. The first-order valence-electron chi connectivity index (χ1n) is 11.1. The van der Waals surface area contributed by atoms with Gasteiger partial charge in [-0.05, 0) is 48.7 Å². The molecule has 3 heterocycles. The minimum absolute atomic E-state index is 0.0465. The molecule has 1 amide bonds. The van der Waals surface area contributed by atoms with Crippen LogP contribution >= 0.6 is 0 Å². The minimum atomic E-state index is -0.543. The van der Waals surface area contributed by atoms with Gasteiger partial charge in [-0.2, -0.15) is 0 Å². The lowest BCUT2D eigenvalue weighted by Crippen LogP contribution is -2.29. The quantitative estimate of drug-likeness (QED) is 0.351. The molecule has 3 N–H and O–H groups in total. The van der Waals surface area contributed by atoms with Gasteiger partial charge in [-0.1, -0.05) is 24.3 Å². The van der Waals surface area contributed by atoms with Crippen LogP contribution in [0.5, 0.6) is 0 Å². The average molecular weight is 471 g/mol. The predicted octanol–water partition coefficient (Wildman–Crippen LogP) is 3.54. The van der Waals surface area contributed by atoms with E-state index in [1.807, 2.05) is 31.2 Å². The first-order chi connectivity index (χ1) is 16.9. The zero-order valence-electron chi connectivity index (χ0n) is 18.8. The van der Waals surface area contributed by atoms with E-state index in [1.54, 1.807) is 24.4 Å². The largest absolute Gasteiger partial charge is 0.396 e. The number of halogens is 1. The third-order valence-electron chi connectivity index (χ3n) is 5.95. The summed E-state index contributed by atoms with van der Waals surface area (Å²) in [6.07, 6.45) is 3.28. The van der Waals surface area contributed by atoms with Gasteiger partial charge in [-0.3, -0.25) is 14.2 Å². The first kappa shape index (κ1) is 22.4. The number of nitrogens with zero attached hydrogens (tertiary/aromatic N) is 3. The molecule has 176 valence electrons. The van der Waals surface area contributed by atoms with Gasteiger partial charge in [0.1, 0.15) is 17.2 Å². The van der Waals surface area contributed by atoms with Crippen LogP contribution in [-0.2, 0) is 0 Å². The predicted molar refractivity (Wildman–Crippen MR) is 130 cm³/mol. The number of nitrogens with one attached hydrogen (secondary N) is 2. The molecule has 1 atom stereocenters. The van der Waals surface area contributed by atoms with Gasteiger partial charge in [0.05, 0.1) is 17.3 Å². The van der Waals surface area contributed by atoms with Crippen molar-refractivity contribution in [3.8, 4) is 11.3 Å². The number of hydrogen-bond donors (Lipinski definition) is 3. The Morgan fingerprint density at radius 2 is 2.00 bits per heavy atom. The standard InChI is InChI=1S/C26H22FN5O3/c1-15-3-2-4-21-19(15)11-17(13-28-21)22-12-24-29-23(14-32(24)26(35)31-22)25(34)30-20(9-10-33)16-5-7-18(27)8-6-16/h2-8,11-14,20,33H,9-10H2,1H3,(H,30,34)(H,31,35)/t20-/m1/s1. The van der Waals surface area contributed by atoms with Crippen LogP contribution in [-0.4, -0.2) is 37.0 Å². The molecule has 9 heteroatoms. The van der Waals surface area contributed by atoms with Crippen LogP contribution in [0.2, 0.25) is 0 Å². The minimum Gasteiger partial charge on any atom is -0.396 e. The number of hydrogen-bond acceptors (Lipinski definition) is 5. The Kier molecular flexibility index (Phi) is 5.84. The van der Waals surface area contributed by atoms with E-state index in [0.717, 1.165) is 22.0 Å². The third-order valence-corrected chi connectivity index (χ3v) is 5.95. The van der Waals surface area contributed by atoms with Crippen molar-refractivity contribution in [3.63, 3.8) is 0 Å². The second-order valence-electron chi connectivity index (χ2n) is 8.30. The zero-order chi connectivity index (χ0) is 24.5.